The number of ether oxygens (including phenoxy) is 3. The Kier molecular flexibility index (Phi) is 4.49. The Hall–Kier alpha value is -2.20. The molecule has 1 aliphatic rings. The monoisotopic (exact) mass is 299 g/mol. The molecule has 4 heteroatoms. The van der Waals surface area contributed by atoms with Gasteiger partial charge in [0.25, 0.3) is 0 Å². The van der Waals surface area contributed by atoms with Gasteiger partial charge in [-0.15, -0.1) is 0 Å². The first-order valence-corrected chi connectivity index (χ1v) is 7.46. The van der Waals surface area contributed by atoms with Gasteiger partial charge in [-0.3, -0.25) is 0 Å². The van der Waals surface area contributed by atoms with Crippen LogP contribution in [-0.4, -0.2) is 20.8 Å². The van der Waals surface area contributed by atoms with Crippen LogP contribution in [0.1, 0.15) is 16.7 Å². The Balaban J connectivity index is 1.61. The molecular weight excluding hydrogens is 278 g/mol. The highest BCUT2D eigenvalue weighted by atomic mass is 16.5. The standard InChI is InChI=1S/C18H21NO3/c1-20-16-8-14(9-17(10-16)21-2)12-19-11-13-3-4-18-15(7-13)5-6-22-18/h3-4,7-10,19H,5-6,11-12H2,1-2H3. The zero-order valence-corrected chi connectivity index (χ0v) is 13.0. The predicted molar refractivity (Wildman–Crippen MR) is 85.7 cm³/mol. The maximum Gasteiger partial charge on any atom is 0.122 e. The number of benzene rings is 2. The van der Waals surface area contributed by atoms with Gasteiger partial charge in [0.15, 0.2) is 0 Å². The summed E-state index contributed by atoms with van der Waals surface area (Å²) in [7, 11) is 3.33. The van der Waals surface area contributed by atoms with Gasteiger partial charge in [0.1, 0.15) is 17.2 Å². The van der Waals surface area contributed by atoms with Crippen LogP contribution in [0.15, 0.2) is 36.4 Å². The van der Waals surface area contributed by atoms with Crippen molar-refractivity contribution in [1.82, 2.24) is 5.32 Å². The fourth-order valence-corrected chi connectivity index (χ4v) is 2.67. The first kappa shape index (κ1) is 14.7. The van der Waals surface area contributed by atoms with E-state index in [0.29, 0.717) is 0 Å². The molecule has 0 aliphatic carbocycles. The molecule has 0 spiro atoms. The van der Waals surface area contributed by atoms with Gasteiger partial charge in [-0.05, 0) is 34.9 Å². The Morgan fingerprint density at radius 1 is 0.955 bits per heavy atom. The minimum absolute atomic E-state index is 0.765. The SMILES string of the molecule is COc1cc(CNCc2ccc3c(c2)CCO3)cc(OC)c1. The average molecular weight is 299 g/mol. The lowest BCUT2D eigenvalue weighted by Crippen LogP contribution is -2.13. The maximum absolute atomic E-state index is 5.53. The zero-order chi connectivity index (χ0) is 15.4. The van der Waals surface area contributed by atoms with Crippen LogP contribution in [0.3, 0.4) is 0 Å². The molecular formula is C18H21NO3. The third-order valence-electron chi connectivity index (χ3n) is 3.82. The Morgan fingerprint density at radius 3 is 2.41 bits per heavy atom. The molecule has 0 unspecified atom stereocenters. The van der Waals surface area contributed by atoms with Crippen LogP contribution in [0, 0.1) is 0 Å². The lowest BCUT2D eigenvalue weighted by Gasteiger charge is -2.10. The molecule has 1 N–H and O–H groups in total. The highest BCUT2D eigenvalue weighted by Crippen LogP contribution is 2.26. The summed E-state index contributed by atoms with van der Waals surface area (Å²) in [5.41, 5.74) is 3.72. The molecule has 2 aromatic carbocycles. The summed E-state index contributed by atoms with van der Waals surface area (Å²) in [5.74, 6) is 2.65. The maximum atomic E-state index is 5.53. The van der Waals surface area contributed by atoms with E-state index >= 15 is 0 Å². The fraction of sp³-hybridized carbons (Fsp3) is 0.333. The van der Waals surface area contributed by atoms with E-state index in [1.54, 1.807) is 14.2 Å². The Bertz CT molecular complexity index is 633. The van der Waals surface area contributed by atoms with Crippen molar-refractivity contribution < 1.29 is 14.2 Å². The van der Waals surface area contributed by atoms with E-state index in [1.807, 2.05) is 18.2 Å². The molecule has 0 fully saturated rings. The van der Waals surface area contributed by atoms with E-state index < -0.39 is 0 Å². The van der Waals surface area contributed by atoms with E-state index in [2.05, 4.69) is 23.5 Å². The van der Waals surface area contributed by atoms with Gasteiger partial charge in [0, 0.05) is 25.6 Å². The predicted octanol–water partition coefficient (Wildman–Crippen LogP) is 2.93. The van der Waals surface area contributed by atoms with Crippen LogP contribution in [-0.2, 0) is 19.5 Å². The van der Waals surface area contributed by atoms with Crippen molar-refractivity contribution >= 4 is 0 Å². The summed E-state index contributed by atoms with van der Waals surface area (Å²) in [6.45, 7) is 2.39. The third-order valence-corrected chi connectivity index (χ3v) is 3.82. The van der Waals surface area contributed by atoms with Gasteiger partial charge in [-0.25, -0.2) is 0 Å². The summed E-state index contributed by atoms with van der Waals surface area (Å²) in [6, 6.07) is 12.3. The van der Waals surface area contributed by atoms with E-state index in [1.165, 1.54) is 11.1 Å². The molecule has 0 radical (unpaired) electrons. The second kappa shape index (κ2) is 6.71. The molecule has 0 aromatic heterocycles. The fourth-order valence-electron chi connectivity index (χ4n) is 2.67. The van der Waals surface area contributed by atoms with E-state index in [-0.39, 0.29) is 0 Å². The molecule has 116 valence electrons. The van der Waals surface area contributed by atoms with Crippen LogP contribution in [0.25, 0.3) is 0 Å². The number of methoxy groups -OCH3 is 2. The largest absolute Gasteiger partial charge is 0.497 e. The summed E-state index contributed by atoms with van der Waals surface area (Å²) in [4.78, 5) is 0. The van der Waals surface area contributed by atoms with Crippen molar-refractivity contribution in [2.45, 2.75) is 19.5 Å². The van der Waals surface area contributed by atoms with Crippen LogP contribution < -0.4 is 19.5 Å². The molecule has 0 amide bonds. The van der Waals surface area contributed by atoms with Gasteiger partial charge in [-0.2, -0.15) is 0 Å². The average Bonchev–Trinajstić information content (AvgIpc) is 3.02. The van der Waals surface area contributed by atoms with Crippen molar-refractivity contribution in [2.75, 3.05) is 20.8 Å². The number of hydrogen-bond acceptors (Lipinski definition) is 4. The van der Waals surface area contributed by atoms with Gasteiger partial charge < -0.3 is 19.5 Å². The van der Waals surface area contributed by atoms with Crippen molar-refractivity contribution in [3.8, 4) is 17.2 Å². The Labute approximate surface area is 131 Å². The minimum Gasteiger partial charge on any atom is -0.497 e. The van der Waals surface area contributed by atoms with Crippen molar-refractivity contribution in [2.24, 2.45) is 0 Å². The molecule has 1 aliphatic heterocycles. The second-order valence-electron chi connectivity index (χ2n) is 5.37. The highest BCUT2D eigenvalue weighted by Gasteiger charge is 2.11. The molecule has 0 saturated heterocycles. The first-order chi connectivity index (χ1) is 10.8. The molecule has 22 heavy (non-hydrogen) atoms. The minimum atomic E-state index is 0.765. The number of nitrogens with one attached hydrogen (secondary N) is 1. The van der Waals surface area contributed by atoms with Crippen LogP contribution in [0.2, 0.25) is 0 Å². The van der Waals surface area contributed by atoms with Crippen molar-refractivity contribution in [3.05, 3.63) is 53.1 Å². The topological polar surface area (TPSA) is 39.7 Å². The molecule has 1 heterocycles. The molecule has 0 atom stereocenters. The van der Waals surface area contributed by atoms with Gasteiger partial charge in [0.2, 0.25) is 0 Å². The molecule has 2 aromatic rings. The van der Waals surface area contributed by atoms with Crippen molar-refractivity contribution in [1.29, 1.82) is 0 Å². The lowest BCUT2D eigenvalue weighted by molar-refractivity contribution is 0.357. The second-order valence-corrected chi connectivity index (χ2v) is 5.37. The molecule has 0 bridgehead atoms. The lowest BCUT2D eigenvalue weighted by atomic mass is 10.1. The molecule has 4 nitrogen and oxygen atoms in total. The molecule has 3 rings (SSSR count). The van der Waals surface area contributed by atoms with Crippen LogP contribution in [0.4, 0.5) is 0 Å². The molecule has 0 saturated carbocycles. The summed E-state index contributed by atoms with van der Waals surface area (Å²) >= 11 is 0. The van der Waals surface area contributed by atoms with Gasteiger partial charge in [0.05, 0.1) is 20.8 Å². The normalized spacial score (nSPS) is 12.6. The number of rotatable bonds is 6. The summed E-state index contributed by atoms with van der Waals surface area (Å²) < 4.78 is 16.1. The van der Waals surface area contributed by atoms with E-state index in [0.717, 1.165) is 48.9 Å². The smallest absolute Gasteiger partial charge is 0.122 e. The Morgan fingerprint density at radius 2 is 1.68 bits per heavy atom. The third kappa shape index (κ3) is 3.34. The number of fused-ring (bicyclic) bond motifs is 1. The van der Waals surface area contributed by atoms with Crippen LogP contribution in [0.5, 0.6) is 17.2 Å². The van der Waals surface area contributed by atoms with Crippen LogP contribution >= 0.6 is 0 Å². The first-order valence-electron chi connectivity index (χ1n) is 7.46. The quantitative estimate of drug-likeness (QED) is 0.890. The summed E-state index contributed by atoms with van der Waals surface area (Å²) in [5, 5.41) is 3.46. The van der Waals surface area contributed by atoms with E-state index in [4.69, 9.17) is 14.2 Å². The highest BCUT2D eigenvalue weighted by molar-refractivity contribution is 5.40. The van der Waals surface area contributed by atoms with Gasteiger partial charge >= 0.3 is 0 Å². The zero-order valence-electron chi connectivity index (χ0n) is 13.0. The number of hydrogen-bond donors (Lipinski definition) is 1. The summed E-state index contributed by atoms with van der Waals surface area (Å²) in [6.07, 6.45) is 1.01. The van der Waals surface area contributed by atoms with E-state index in [9.17, 15) is 0 Å². The van der Waals surface area contributed by atoms with Gasteiger partial charge in [-0.1, -0.05) is 12.1 Å². The van der Waals surface area contributed by atoms with Crippen molar-refractivity contribution in [3.63, 3.8) is 0 Å².